The number of nitrogens with one attached hydrogen (secondary N) is 1. The SMILES string of the molecule is CC(C)(C)c1cc2cc(Cl)ccc2nc1NN. The van der Waals surface area contributed by atoms with E-state index in [1.165, 1.54) is 0 Å². The van der Waals surface area contributed by atoms with Crippen molar-refractivity contribution in [3.05, 3.63) is 34.9 Å². The predicted octanol–water partition coefficient (Wildman–Crippen LogP) is 3.47. The van der Waals surface area contributed by atoms with Gasteiger partial charge in [0.2, 0.25) is 0 Å². The van der Waals surface area contributed by atoms with Crippen molar-refractivity contribution >= 4 is 28.3 Å². The molecule has 1 aromatic carbocycles. The number of nitrogens with zero attached hydrogens (tertiary/aromatic N) is 1. The third-order valence-electron chi connectivity index (χ3n) is 2.72. The lowest BCUT2D eigenvalue weighted by Crippen LogP contribution is -2.19. The second-order valence-electron chi connectivity index (χ2n) is 5.12. The van der Waals surface area contributed by atoms with Crippen LogP contribution in [0.2, 0.25) is 5.02 Å². The van der Waals surface area contributed by atoms with Gasteiger partial charge in [0.15, 0.2) is 0 Å². The Bertz CT molecular complexity index is 558. The molecule has 3 nitrogen and oxygen atoms in total. The molecule has 1 aromatic heterocycles. The molecule has 17 heavy (non-hydrogen) atoms. The van der Waals surface area contributed by atoms with E-state index in [9.17, 15) is 0 Å². The van der Waals surface area contributed by atoms with Gasteiger partial charge in [-0.3, -0.25) is 0 Å². The van der Waals surface area contributed by atoms with Gasteiger partial charge < -0.3 is 5.43 Å². The molecule has 0 aliphatic carbocycles. The first-order valence-corrected chi connectivity index (χ1v) is 5.87. The standard InChI is InChI=1S/C13H16ClN3/c1-13(2,3)10-7-8-6-9(14)4-5-11(8)16-12(10)17-15/h4-7H,15H2,1-3H3,(H,16,17). The maximum absolute atomic E-state index is 5.99. The Labute approximate surface area is 106 Å². The van der Waals surface area contributed by atoms with E-state index in [4.69, 9.17) is 17.4 Å². The van der Waals surface area contributed by atoms with Gasteiger partial charge in [-0.2, -0.15) is 0 Å². The van der Waals surface area contributed by atoms with Gasteiger partial charge in [0.25, 0.3) is 0 Å². The molecule has 0 unspecified atom stereocenters. The summed E-state index contributed by atoms with van der Waals surface area (Å²) in [6.07, 6.45) is 0. The van der Waals surface area contributed by atoms with Crippen molar-refractivity contribution in [2.24, 2.45) is 5.84 Å². The Morgan fingerprint density at radius 1 is 1.24 bits per heavy atom. The molecular formula is C13H16ClN3. The van der Waals surface area contributed by atoms with Crippen molar-refractivity contribution in [3.63, 3.8) is 0 Å². The van der Waals surface area contributed by atoms with E-state index in [0.717, 1.165) is 16.5 Å². The number of hydrazine groups is 1. The topological polar surface area (TPSA) is 50.9 Å². The zero-order valence-electron chi connectivity index (χ0n) is 10.2. The molecular weight excluding hydrogens is 234 g/mol. The van der Waals surface area contributed by atoms with E-state index < -0.39 is 0 Å². The summed E-state index contributed by atoms with van der Waals surface area (Å²) < 4.78 is 0. The quantitative estimate of drug-likeness (QED) is 0.601. The number of aromatic nitrogens is 1. The van der Waals surface area contributed by atoms with Gasteiger partial charge in [-0.15, -0.1) is 0 Å². The van der Waals surface area contributed by atoms with E-state index in [-0.39, 0.29) is 5.41 Å². The van der Waals surface area contributed by atoms with E-state index in [1.54, 1.807) is 0 Å². The van der Waals surface area contributed by atoms with Crippen molar-refractivity contribution in [2.45, 2.75) is 26.2 Å². The fourth-order valence-electron chi connectivity index (χ4n) is 1.83. The second-order valence-corrected chi connectivity index (χ2v) is 5.55. The van der Waals surface area contributed by atoms with Crippen LogP contribution in [-0.2, 0) is 5.41 Å². The highest BCUT2D eigenvalue weighted by molar-refractivity contribution is 6.31. The number of halogens is 1. The number of hydrogen-bond acceptors (Lipinski definition) is 3. The Hall–Kier alpha value is -1.32. The van der Waals surface area contributed by atoms with Gasteiger partial charge >= 0.3 is 0 Å². The highest BCUT2D eigenvalue weighted by Gasteiger charge is 2.19. The van der Waals surface area contributed by atoms with Crippen LogP contribution >= 0.6 is 11.6 Å². The molecule has 90 valence electrons. The highest BCUT2D eigenvalue weighted by atomic mass is 35.5. The molecule has 0 fully saturated rings. The molecule has 0 radical (unpaired) electrons. The van der Waals surface area contributed by atoms with Crippen molar-refractivity contribution < 1.29 is 0 Å². The number of hydrogen-bond donors (Lipinski definition) is 2. The second kappa shape index (κ2) is 4.17. The van der Waals surface area contributed by atoms with Crippen LogP contribution in [0.15, 0.2) is 24.3 Å². The summed E-state index contributed by atoms with van der Waals surface area (Å²) >= 11 is 5.99. The molecule has 4 heteroatoms. The molecule has 1 heterocycles. The van der Waals surface area contributed by atoms with Crippen molar-refractivity contribution in [2.75, 3.05) is 5.43 Å². The average molecular weight is 250 g/mol. The van der Waals surface area contributed by atoms with Crippen LogP contribution in [-0.4, -0.2) is 4.98 Å². The van der Waals surface area contributed by atoms with Crippen LogP contribution in [0.5, 0.6) is 0 Å². The molecule has 0 spiro atoms. The number of pyridine rings is 1. The maximum atomic E-state index is 5.99. The van der Waals surface area contributed by atoms with Gasteiger partial charge in [-0.05, 0) is 29.7 Å². The minimum absolute atomic E-state index is 0.0226. The molecule has 2 rings (SSSR count). The van der Waals surface area contributed by atoms with Crippen LogP contribution < -0.4 is 11.3 Å². The molecule has 0 saturated heterocycles. The fraction of sp³-hybridized carbons (Fsp3) is 0.308. The maximum Gasteiger partial charge on any atom is 0.144 e. The van der Waals surface area contributed by atoms with Gasteiger partial charge in [0, 0.05) is 16.0 Å². The molecule has 0 atom stereocenters. The molecule has 2 aromatic rings. The minimum Gasteiger partial charge on any atom is -0.308 e. The van der Waals surface area contributed by atoms with Crippen molar-refractivity contribution in [1.82, 2.24) is 4.98 Å². The number of fused-ring (bicyclic) bond motifs is 1. The lowest BCUT2D eigenvalue weighted by atomic mass is 9.86. The molecule has 0 bridgehead atoms. The Morgan fingerprint density at radius 3 is 2.53 bits per heavy atom. The van der Waals surface area contributed by atoms with E-state index in [2.05, 4.69) is 37.2 Å². The van der Waals surface area contributed by atoms with Crippen molar-refractivity contribution in [1.29, 1.82) is 0 Å². The number of nitrogens with two attached hydrogens (primary N) is 1. The van der Waals surface area contributed by atoms with Gasteiger partial charge in [0.1, 0.15) is 5.82 Å². The fourth-order valence-corrected chi connectivity index (χ4v) is 2.01. The highest BCUT2D eigenvalue weighted by Crippen LogP contribution is 2.31. The summed E-state index contributed by atoms with van der Waals surface area (Å²) in [5.74, 6) is 6.24. The summed E-state index contributed by atoms with van der Waals surface area (Å²) in [5, 5.41) is 1.74. The molecule has 0 amide bonds. The van der Waals surface area contributed by atoms with Crippen LogP contribution in [0.3, 0.4) is 0 Å². The smallest absolute Gasteiger partial charge is 0.144 e. The third kappa shape index (κ3) is 2.35. The normalized spacial score (nSPS) is 11.8. The first-order chi connectivity index (χ1) is 7.91. The Balaban J connectivity index is 2.74. The first-order valence-electron chi connectivity index (χ1n) is 5.49. The summed E-state index contributed by atoms with van der Waals surface area (Å²) in [6, 6.07) is 7.72. The van der Waals surface area contributed by atoms with Gasteiger partial charge in [0.05, 0.1) is 5.52 Å². The summed E-state index contributed by atoms with van der Waals surface area (Å²) in [4.78, 5) is 4.51. The van der Waals surface area contributed by atoms with Crippen LogP contribution in [0.1, 0.15) is 26.3 Å². The Kier molecular flexibility index (Phi) is 2.98. The lowest BCUT2D eigenvalue weighted by molar-refractivity contribution is 0.590. The third-order valence-corrected chi connectivity index (χ3v) is 2.96. The van der Waals surface area contributed by atoms with Gasteiger partial charge in [-0.1, -0.05) is 32.4 Å². The van der Waals surface area contributed by atoms with E-state index in [0.29, 0.717) is 10.8 Å². The van der Waals surface area contributed by atoms with Crippen LogP contribution in [0.4, 0.5) is 5.82 Å². The first kappa shape index (κ1) is 12.1. The minimum atomic E-state index is -0.0226. The van der Waals surface area contributed by atoms with Crippen molar-refractivity contribution in [3.8, 4) is 0 Å². The lowest BCUT2D eigenvalue weighted by Gasteiger charge is -2.22. The van der Waals surface area contributed by atoms with Crippen LogP contribution in [0.25, 0.3) is 10.9 Å². The number of rotatable bonds is 1. The average Bonchev–Trinajstić information content (AvgIpc) is 2.26. The monoisotopic (exact) mass is 249 g/mol. The Morgan fingerprint density at radius 2 is 1.94 bits per heavy atom. The molecule has 0 saturated carbocycles. The van der Waals surface area contributed by atoms with Gasteiger partial charge in [-0.25, -0.2) is 10.8 Å². The van der Waals surface area contributed by atoms with Crippen LogP contribution in [0, 0.1) is 0 Å². The van der Waals surface area contributed by atoms with E-state index >= 15 is 0 Å². The molecule has 0 aliphatic heterocycles. The number of anilines is 1. The largest absolute Gasteiger partial charge is 0.308 e. The zero-order valence-corrected chi connectivity index (χ0v) is 11.0. The summed E-state index contributed by atoms with van der Waals surface area (Å²) in [7, 11) is 0. The van der Waals surface area contributed by atoms with E-state index in [1.807, 2.05) is 18.2 Å². The molecule has 0 aliphatic rings. The predicted molar refractivity (Wildman–Crippen MR) is 73.3 cm³/mol. The number of nitrogen functional groups attached to an aromatic ring is 1. The summed E-state index contributed by atoms with van der Waals surface area (Å²) in [5.41, 5.74) is 4.61. The zero-order chi connectivity index (χ0) is 12.6. The molecule has 3 N–H and O–H groups in total. The number of benzene rings is 1. The summed E-state index contributed by atoms with van der Waals surface area (Å²) in [6.45, 7) is 6.38.